The molecule has 0 spiro atoms. The molecule has 0 aliphatic carbocycles. The maximum absolute atomic E-state index is 5.99. The number of nitrogens with zero attached hydrogens (tertiary/aromatic N) is 3. The van der Waals surface area contributed by atoms with Crippen LogP contribution in [0, 0.1) is 0 Å². The molecule has 1 aliphatic heterocycles. The van der Waals surface area contributed by atoms with E-state index in [1.807, 2.05) is 0 Å². The Morgan fingerprint density at radius 1 is 1.45 bits per heavy atom. The van der Waals surface area contributed by atoms with Gasteiger partial charge in [-0.3, -0.25) is 4.90 Å². The van der Waals surface area contributed by atoms with E-state index in [1.165, 1.54) is 0 Å². The van der Waals surface area contributed by atoms with Gasteiger partial charge in [-0.2, -0.15) is 4.98 Å². The second kappa shape index (κ2) is 6.20. The lowest BCUT2D eigenvalue weighted by molar-refractivity contribution is -0.155. The largest absolute Gasteiger partial charge is 0.382 e. The van der Waals surface area contributed by atoms with E-state index >= 15 is 0 Å². The van der Waals surface area contributed by atoms with E-state index in [4.69, 9.17) is 14.0 Å². The molecule has 0 amide bonds. The Kier molecular flexibility index (Phi) is 4.78. The number of methoxy groups -OCH3 is 1. The molecule has 20 heavy (non-hydrogen) atoms. The summed E-state index contributed by atoms with van der Waals surface area (Å²) in [5, 5.41) is 4.00. The summed E-state index contributed by atoms with van der Waals surface area (Å²) in [5.41, 5.74) is -0.192. The fraction of sp³-hybridized carbons (Fsp3) is 0.857. The second-order valence-corrected chi connectivity index (χ2v) is 6.33. The first-order valence-electron chi connectivity index (χ1n) is 7.11. The van der Waals surface area contributed by atoms with Gasteiger partial charge in [-0.25, -0.2) is 0 Å². The highest BCUT2D eigenvalue weighted by Crippen LogP contribution is 2.22. The van der Waals surface area contributed by atoms with Gasteiger partial charge < -0.3 is 14.0 Å². The molecule has 1 atom stereocenters. The van der Waals surface area contributed by atoms with E-state index in [0.29, 0.717) is 19.0 Å². The van der Waals surface area contributed by atoms with E-state index in [1.54, 1.807) is 7.11 Å². The van der Waals surface area contributed by atoms with Crippen LogP contribution in [0.25, 0.3) is 0 Å². The van der Waals surface area contributed by atoms with Crippen LogP contribution in [0.3, 0.4) is 0 Å². The maximum Gasteiger partial charge on any atom is 0.240 e. The molecule has 1 saturated heterocycles. The quantitative estimate of drug-likeness (QED) is 0.821. The van der Waals surface area contributed by atoms with Gasteiger partial charge >= 0.3 is 0 Å². The Balaban J connectivity index is 1.99. The van der Waals surface area contributed by atoms with Crippen LogP contribution in [0.2, 0.25) is 0 Å². The zero-order valence-electron chi connectivity index (χ0n) is 13.0. The van der Waals surface area contributed by atoms with E-state index < -0.39 is 0 Å². The summed E-state index contributed by atoms with van der Waals surface area (Å²) >= 11 is 0. The fourth-order valence-electron chi connectivity index (χ4n) is 2.57. The van der Waals surface area contributed by atoms with Crippen LogP contribution in [0.4, 0.5) is 0 Å². The zero-order chi connectivity index (χ0) is 14.8. The van der Waals surface area contributed by atoms with Gasteiger partial charge in [-0.1, -0.05) is 19.0 Å². The number of morpholine rings is 1. The average Bonchev–Trinajstić information content (AvgIpc) is 2.75. The number of hydrogen-bond acceptors (Lipinski definition) is 6. The lowest BCUT2D eigenvalue weighted by atomic mass is 10.1. The van der Waals surface area contributed by atoms with Crippen molar-refractivity contribution in [2.24, 2.45) is 0 Å². The van der Waals surface area contributed by atoms with Crippen LogP contribution < -0.4 is 0 Å². The Bertz CT molecular complexity index is 431. The standard InChI is InChI=1S/C14H25N3O3/c1-10(2)13-15-12(20-16-13)7-17-6-11(8-18-5)19-14(3,4)9-17/h10-11H,6-9H2,1-5H3/t11-/m0/s1. The van der Waals surface area contributed by atoms with Crippen molar-refractivity contribution in [3.05, 3.63) is 11.7 Å². The van der Waals surface area contributed by atoms with Crippen molar-refractivity contribution in [3.8, 4) is 0 Å². The Morgan fingerprint density at radius 3 is 2.80 bits per heavy atom. The lowest BCUT2D eigenvalue weighted by Crippen LogP contribution is -2.53. The van der Waals surface area contributed by atoms with Gasteiger partial charge in [-0.05, 0) is 13.8 Å². The number of ether oxygens (including phenoxy) is 2. The zero-order valence-corrected chi connectivity index (χ0v) is 13.0. The molecule has 1 fully saturated rings. The fourth-order valence-corrected chi connectivity index (χ4v) is 2.57. The van der Waals surface area contributed by atoms with Crippen molar-refractivity contribution in [2.75, 3.05) is 26.8 Å². The molecule has 0 unspecified atom stereocenters. The molecule has 1 aromatic heterocycles. The highest BCUT2D eigenvalue weighted by Gasteiger charge is 2.34. The van der Waals surface area contributed by atoms with Crippen LogP contribution in [0.5, 0.6) is 0 Å². The van der Waals surface area contributed by atoms with Crippen molar-refractivity contribution in [3.63, 3.8) is 0 Å². The molecular formula is C14H25N3O3. The van der Waals surface area contributed by atoms with Crippen molar-refractivity contribution in [2.45, 2.75) is 51.9 Å². The van der Waals surface area contributed by atoms with Crippen LogP contribution >= 0.6 is 0 Å². The Morgan fingerprint density at radius 2 is 2.20 bits per heavy atom. The summed E-state index contributed by atoms with van der Waals surface area (Å²) in [4.78, 5) is 6.71. The topological polar surface area (TPSA) is 60.6 Å². The van der Waals surface area contributed by atoms with Gasteiger partial charge in [0, 0.05) is 26.1 Å². The maximum atomic E-state index is 5.99. The third-order valence-corrected chi connectivity index (χ3v) is 3.26. The van der Waals surface area contributed by atoms with Crippen LogP contribution in [0.15, 0.2) is 4.52 Å². The van der Waals surface area contributed by atoms with Crippen molar-refractivity contribution < 1.29 is 14.0 Å². The van der Waals surface area contributed by atoms with Gasteiger partial charge in [0.2, 0.25) is 5.89 Å². The third kappa shape index (κ3) is 4.01. The first-order valence-corrected chi connectivity index (χ1v) is 7.11. The summed E-state index contributed by atoms with van der Waals surface area (Å²) in [7, 11) is 1.70. The minimum atomic E-state index is -0.192. The monoisotopic (exact) mass is 283 g/mol. The lowest BCUT2D eigenvalue weighted by Gasteiger charge is -2.42. The minimum absolute atomic E-state index is 0.0799. The molecule has 0 N–H and O–H groups in total. The number of aromatic nitrogens is 2. The molecule has 114 valence electrons. The molecule has 6 nitrogen and oxygen atoms in total. The number of rotatable bonds is 5. The predicted molar refractivity (Wildman–Crippen MR) is 74.5 cm³/mol. The Labute approximate surface area is 120 Å². The smallest absolute Gasteiger partial charge is 0.240 e. The van der Waals surface area contributed by atoms with E-state index in [9.17, 15) is 0 Å². The molecule has 0 bridgehead atoms. The summed E-state index contributed by atoms with van der Waals surface area (Å²) in [5.74, 6) is 1.72. The molecule has 0 aromatic carbocycles. The molecule has 2 heterocycles. The minimum Gasteiger partial charge on any atom is -0.382 e. The summed E-state index contributed by atoms with van der Waals surface area (Å²) in [6.07, 6.45) is 0.0799. The predicted octanol–water partition coefficient (Wildman–Crippen LogP) is 1.82. The average molecular weight is 283 g/mol. The van der Waals surface area contributed by atoms with Crippen molar-refractivity contribution in [1.82, 2.24) is 15.0 Å². The second-order valence-electron chi connectivity index (χ2n) is 6.33. The molecule has 1 aliphatic rings. The molecular weight excluding hydrogens is 258 g/mol. The highest BCUT2D eigenvalue weighted by atomic mass is 16.5. The molecule has 0 saturated carbocycles. The normalized spacial score (nSPS) is 23.4. The van der Waals surface area contributed by atoms with Crippen molar-refractivity contribution >= 4 is 0 Å². The van der Waals surface area contributed by atoms with Crippen LogP contribution in [-0.2, 0) is 16.0 Å². The van der Waals surface area contributed by atoms with Gasteiger partial charge in [0.15, 0.2) is 5.82 Å². The summed E-state index contributed by atoms with van der Waals surface area (Å²) in [6, 6.07) is 0. The van der Waals surface area contributed by atoms with Gasteiger partial charge in [0.25, 0.3) is 0 Å². The first kappa shape index (κ1) is 15.4. The third-order valence-electron chi connectivity index (χ3n) is 3.26. The number of hydrogen-bond donors (Lipinski definition) is 0. The molecule has 6 heteroatoms. The van der Waals surface area contributed by atoms with Crippen molar-refractivity contribution in [1.29, 1.82) is 0 Å². The van der Waals surface area contributed by atoms with Gasteiger partial charge in [0.1, 0.15) is 0 Å². The summed E-state index contributed by atoms with van der Waals surface area (Å²) in [6.45, 7) is 11.2. The van der Waals surface area contributed by atoms with Gasteiger partial charge in [-0.15, -0.1) is 0 Å². The first-order chi connectivity index (χ1) is 9.39. The van der Waals surface area contributed by atoms with Crippen LogP contribution in [-0.4, -0.2) is 53.6 Å². The molecule has 0 radical (unpaired) electrons. The highest BCUT2D eigenvalue weighted by molar-refractivity contribution is 4.93. The SMILES string of the molecule is COC[C@@H]1CN(Cc2nc(C(C)C)no2)CC(C)(C)O1. The van der Waals surface area contributed by atoms with E-state index in [-0.39, 0.29) is 17.6 Å². The molecule has 1 aromatic rings. The molecule has 2 rings (SSSR count). The summed E-state index contributed by atoms with van der Waals surface area (Å²) < 4.78 is 16.5. The van der Waals surface area contributed by atoms with Gasteiger partial charge in [0.05, 0.1) is 24.9 Å². The Hall–Kier alpha value is -0.980. The van der Waals surface area contributed by atoms with Crippen LogP contribution in [0.1, 0.15) is 45.3 Å². The van der Waals surface area contributed by atoms with E-state index in [0.717, 1.165) is 18.9 Å². The van der Waals surface area contributed by atoms with E-state index in [2.05, 4.69) is 42.7 Å².